The van der Waals surface area contributed by atoms with Gasteiger partial charge in [0.2, 0.25) is 5.76 Å². The topological polar surface area (TPSA) is 114 Å². The zero-order valence-electron chi connectivity index (χ0n) is 14.9. The zero-order chi connectivity index (χ0) is 19.8. The van der Waals surface area contributed by atoms with Gasteiger partial charge < -0.3 is 14.6 Å². The van der Waals surface area contributed by atoms with Gasteiger partial charge in [-0.2, -0.15) is 0 Å². The molecule has 0 aliphatic heterocycles. The minimum atomic E-state index is -0.812. The van der Waals surface area contributed by atoms with Gasteiger partial charge in [-0.15, -0.1) is 0 Å². The van der Waals surface area contributed by atoms with Crippen molar-refractivity contribution in [2.45, 2.75) is 6.42 Å². The van der Waals surface area contributed by atoms with Gasteiger partial charge in [0, 0.05) is 12.1 Å². The number of amides is 2. The smallest absolute Gasteiger partial charge is 0.313 e. The van der Waals surface area contributed by atoms with Crippen LogP contribution in [0.5, 0.6) is 5.88 Å². The normalized spacial score (nSPS) is 10.3. The summed E-state index contributed by atoms with van der Waals surface area (Å²) in [6.45, 7) is 0.695. The van der Waals surface area contributed by atoms with E-state index >= 15 is 0 Å². The average molecular weight is 381 g/mol. The lowest BCUT2D eigenvalue weighted by Crippen LogP contribution is -2.25. The molecule has 0 radical (unpaired) electrons. The first-order valence-electron chi connectivity index (χ1n) is 8.65. The molecule has 0 aliphatic rings. The quantitative estimate of drug-likeness (QED) is 0.314. The molecule has 0 bridgehead atoms. The second-order valence-electron chi connectivity index (χ2n) is 5.87. The zero-order valence-corrected chi connectivity index (χ0v) is 14.9. The van der Waals surface area contributed by atoms with Crippen LogP contribution in [0.25, 0.3) is 11.1 Å². The van der Waals surface area contributed by atoms with Crippen LogP contribution < -0.4 is 15.5 Å². The number of rotatable bonds is 8. The van der Waals surface area contributed by atoms with Crippen molar-refractivity contribution >= 4 is 11.8 Å². The molecule has 0 aliphatic carbocycles. The summed E-state index contributed by atoms with van der Waals surface area (Å²) in [7, 11) is 0. The molecule has 3 rings (SSSR count). The molecule has 0 unspecified atom stereocenters. The molecule has 0 atom stereocenters. The Bertz CT molecular complexity index is 923. The fraction of sp³-hybridized carbons (Fsp3) is 0.150. The highest BCUT2D eigenvalue weighted by Gasteiger charge is 2.12. The van der Waals surface area contributed by atoms with E-state index in [2.05, 4.69) is 10.5 Å². The molecular weight excluding hydrogens is 362 g/mol. The van der Waals surface area contributed by atoms with Gasteiger partial charge in [-0.3, -0.25) is 14.8 Å². The Labute approximate surface area is 161 Å². The van der Waals surface area contributed by atoms with E-state index in [1.807, 2.05) is 42.5 Å². The van der Waals surface area contributed by atoms with Crippen molar-refractivity contribution in [1.29, 1.82) is 0 Å². The van der Waals surface area contributed by atoms with Crippen LogP contribution in [0.15, 0.2) is 65.2 Å². The van der Waals surface area contributed by atoms with E-state index in [0.717, 1.165) is 11.1 Å². The summed E-state index contributed by atoms with van der Waals surface area (Å²) in [6.07, 6.45) is 0.544. The van der Waals surface area contributed by atoms with Gasteiger partial charge in [0.25, 0.3) is 11.8 Å². The van der Waals surface area contributed by atoms with Crippen LogP contribution in [-0.4, -0.2) is 35.3 Å². The van der Waals surface area contributed by atoms with Gasteiger partial charge in [-0.25, -0.2) is 5.48 Å². The second kappa shape index (κ2) is 9.33. The van der Waals surface area contributed by atoms with Crippen LogP contribution in [0, 0.1) is 0 Å². The number of hydrogen-bond acceptors (Lipinski definition) is 6. The van der Waals surface area contributed by atoms with Crippen LogP contribution in [-0.2, 0) is 0 Å². The minimum Gasteiger partial charge on any atom is -0.475 e. The molecule has 0 saturated carbocycles. The van der Waals surface area contributed by atoms with Crippen molar-refractivity contribution in [3.63, 3.8) is 0 Å². The van der Waals surface area contributed by atoms with Crippen LogP contribution in [0.2, 0.25) is 0 Å². The number of hydrogen-bond donors (Lipinski definition) is 3. The largest absolute Gasteiger partial charge is 0.475 e. The van der Waals surface area contributed by atoms with Crippen molar-refractivity contribution in [2.75, 3.05) is 13.2 Å². The molecule has 144 valence electrons. The molecule has 1 heterocycles. The summed E-state index contributed by atoms with van der Waals surface area (Å²) in [4.78, 5) is 23.3. The van der Waals surface area contributed by atoms with Gasteiger partial charge >= 0.3 is 5.91 Å². The fourth-order valence-corrected chi connectivity index (χ4v) is 2.49. The highest BCUT2D eigenvalue weighted by molar-refractivity contribution is 5.94. The molecule has 8 heteroatoms. The van der Waals surface area contributed by atoms with E-state index in [0.29, 0.717) is 18.5 Å². The minimum absolute atomic E-state index is 0.126. The summed E-state index contributed by atoms with van der Waals surface area (Å²) < 4.78 is 10.0. The summed E-state index contributed by atoms with van der Waals surface area (Å²) >= 11 is 0. The van der Waals surface area contributed by atoms with E-state index < -0.39 is 5.91 Å². The van der Waals surface area contributed by atoms with Gasteiger partial charge in [-0.05, 0) is 34.8 Å². The molecule has 3 N–H and O–H groups in total. The summed E-state index contributed by atoms with van der Waals surface area (Å²) in [5.74, 6) is -1.01. The Morgan fingerprint density at radius 3 is 2.43 bits per heavy atom. The Hall–Kier alpha value is -3.65. The molecule has 2 aromatic carbocycles. The number of aromatic nitrogens is 1. The number of benzene rings is 2. The molecule has 0 fully saturated rings. The maximum Gasteiger partial charge on any atom is 0.313 e. The van der Waals surface area contributed by atoms with E-state index in [-0.39, 0.29) is 24.2 Å². The van der Waals surface area contributed by atoms with Crippen LogP contribution in [0.4, 0.5) is 0 Å². The van der Waals surface area contributed by atoms with Crippen LogP contribution in [0.1, 0.15) is 27.3 Å². The average Bonchev–Trinajstić information content (AvgIpc) is 3.22. The molecular formula is C20H19N3O5. The van der Waals surface area contributed by atoms with E-state index in [1.54, 1.807) is 12.1 Å². The van der Waals surface area contributed by atoms with Gasteiger partial charge in [-0.1, -0.05) is 42.5 Å². The number of carbonyl (C=O) groups is 2. The van der Waals surface area contributed by atoms with Crippen molar-refractivity contribution < 1.29 is 24.1 Å². The standard InChI is InChI=1S/C20H19N3O5/c24-19(16-9-7-15(8-10-16)14-5-2-1-3-6-14)21-11-4-12-27-18-13-17(28-23-18)20(25)22-26/h1-3,5-10,13,26H,4,11-12H2,(H,21,24)(H,22,25). The van der Waals surface area contributed by atoms with E-state index in [4.69, 9.17) is 14.5 Å². The Morgan fingerprint density at radius 1 is 1.00 bits per heavy atom. The molecule has 3 aromatic rings. The summed E-state index contributed by atoms with van der Waals surface area (Å²) in [5.41, 5.74) is 4.16. The summed E-state index contributed by atoms with van der Waals surface area (Å²) in [6, 6.07) is 18.6. The first-order valence-corrected chi connectivity index (χ1v) is 8.65. The number of hydroxylamine groups is 1. The van der Waals surface area contributed by atoms with Gasteiger partial charge in [0.15, 0.2) is 0 Å². The highest BCUT2D eigenvalue weighted by Crippen LogP contribution is 2.19. The van der Waals surface area contributed by atoms with E-state index in [9.17, 15) is 9.59 Å². The molecule has 8 nitrogen and oxygen atoms in total. The fourth-order valence-electron chi connectivity index (χ4n) is 2.49. The van der Waals surface area contributed by atoms with Crippen molar-refractivity contribution in [2.24, 2.45) is 0 Å². The Balaban J connectivity index is 1.41. The summed E-state index contributed by atoms with van der Waals surface area (Å²) in [5, 5.41) is 14.9. The maximum atomic E-state index is 12.2. The first-order chi connectivity index (χ1) is 13.7. The number of carbonyl (C=O) groups excluding carboxylic acids is 2. The lowest BCUT2D eigenvalue weighted by Gasteiger charge is -2.07. The third-order valence-corrected chi connectivity index (χ3v) is 3.92. The molecule has 1 aromatic heterocycles. The SMILES string of the molecule is O=C(NCCCOc1cc(C(=O)NO)on1)c1ccc(-c2ccccc2)cc1. The first kappa shape index (κ1) is 19.1. The number of nitrogens with one attached hydrogen (secondary N) is 2. The lowest BCUT2D eigenvalue weighted by atomic mass is 10.0. The number of ether oxygens (including phenoxy) is 1. The maximum absolute atomic E-state index is 12.2. The number of nitrogens with zero attached hydrogens (tertiary/aromatic N) is 1. The Kier molecular flexibility index (Phi) is 6.37. The van der Waals surface area contributed by atoms with Gasteiger partial charge in [0.1, 0.15) is 0 Å². The predicted molar refractivity (Wildman–Crippen MR) is 100 cm³/mol. The molecule has 0 spiro atoms. The highest BCUT2D eigenvalue weighted by atomic mass is 16.5. The van der Waals surface area contributed by atoms with Crippen LogP contribution in [0.3, 0.4) is 0 Å². The van der Waals surface area contributed by atoms with Crippen molar-refractivity contribution in [3.05, 3.63) is 72.0 Å². The molecule has 2 amide bonds. The van der Waals surface area contributed by atoms with Crippen molar-refractivity contribution in [1.82, 2.24) is 16.0 Å². The van der Waals surface area contributed by atoms with Crippen molar-refractivity contribution in [3.8, 4) is 17.0 Å². The molecule has 0 saturated heterocycles. The third-order valence-electron chi connectivity index (χ3n) is 3.92. The Morgan fingerprint density at radius 2 is 1.71 bits per heavy atom. The van der Waals surface area contributed by atoms with Crippen LogP contribution >= 0.6 is 0 Å². The predicted octanol–water partition coefficient (Wildman–Crippen LogP) is 2.66. The second-order valence-corrected chi connectivity index (χ2v) is 5.87. The van der Waals surface area contributed by atoms with E-state index in [1.165, 1.54) is 11.5 Å². The van der Waals surface area contributed by atoms with Gasteiger partial charge in [0.05, 0.1) is 12.7 Å². The molecule has 28 heavy (non-hydrogen) atoms. The third kappa shape index (κ3) is 4.95. The monoisotopic (exact) mass is 381 g/mol. The lowest BCUT2D eigenvalue weighted by molar-refractivity contribution is 0.0666.